The van der Waals surface area contributed by atoms with Gasteiger partial charge in [-0.25, -0.2) is 0 Å². The molecule has 0 atom stereocenters. The van der Waals surface area contributed by atoms with Gasteiger partial charge in [-0.1, -0.05) is 6.07 Å². The predicted octanol–water partition coefficient (Wildman–Crippen LogP) is 3.05. The van der Waals surface area contributed by atoms with Crippen molar-refractivity contribution in [1.29, 1.82) is 0 Å². The molecule has 0 saturated heterocycles. The van der Waals surface area contributed by atoms with Crippen LogP contribution in [0.15, 0.2) is 23.1 Å². The third-order valence-corrected chi connectivity index (χ3v) is 2.21. The highest BCUT2D eigenvalue weighted by molar-refractivity contribution is 14.1. The summed E-state index contributed by atoms with van der Waals surface area (Å²) >= 11 is 6.37. The summed E-state index contributed by atoms with van der Waals surface area (Å²) in [5.41, 5.74) is 2.30. The van der Waals surface area contributed by atoms with Gasteiger partial charge < -0.3 is 3.53 Å². The van der Waals surface area contributed by atoms with Crippen LogP contribution in [0.1, 0.15) is 5.56 Å². The van der Waals surface area contributed by atoms with Crippen molar-refractivity contribution in [2.45, 2.75) is 11.8 Å². The molecule has 54 valence electrons. The summed E-state index contributed by atoms with van der Waals surface area (Å²) in [6.45, 7) is 2.05. The molecule has 0 heterocycles. The fourth-order valence-corrected chi connectivity index (χ4v) is 1.74. The van der Waals surface area contributed by atoms with E-state index in [4.69, 9.17) is 0 Å². The normalized spacial score (nSPS) is 9.50. The lowest BCUT2D eigenvalue weighted by molar-refractivity contribution is 1.38. The molecule has 0 aromatic heterocycles. The third kappa shape index (κ3) is 1.79. The Balaban J connectivity index is 3.07. The van der Waals surface area contributed by atoms with E-state index in [2.05, 4.69) is 52.0 Å². The number of halogens is 1. The second-order valence-electron chi connectivity index (χ2n) is 2.12. The van der Waals surface area contributed by atoms with Crippen molar-refractivity contribution in [1.82, 2.24) is 0 Å². The molecule has 0 spiro atoms. The second kappa shape index (κ2) is 3.48. The van der Waals surface area contributed by atoms with E-state index in [0.29, 0.717) is 0 Å². The first kappa shape index (κ1) is 8.20. The molecule has 1 aromatic carbocycles. The van der Waals surface area contributed by atoms with Crippen molar-refractivity contribution in [2.24, 2.45) is 0 Å². The average molecular weight is 265 g/mol. The summed E-state index contributed by atoms with van der Waals surface area (Å²) in [5.74, 6) is 0. The fourth-order valence-electron chi connectivity index (χ4n) is 0.722. The van der Waals surface area contributed by atoms with E-state index in [0.717, 1.165) is 10.6 Å². The number of thiol groups is 1. The van der Waals surface area contributed by atoms with Crippen LogP contribution in [0.4, 0.5) is 5.69 Å². The molecular weight excluding hydrogens is 257 g/mol. The Bertz CT molecular complexity index is 237. The highest BCUT2D eigenvalue weighted by atomic mass is 127. The Labute approximate surface area is 80.1 Å². The molecule has 0 radical (unpaired) electrons. The van der Waals surface area contributed by atoms with Crippen molar-refractivity contribution in [3.8, 4) is 0 Å². The van der Waals surface area contributed by atoms with Crippen LogP contribution >= 0.6 is 35.5 Å². The number of hydrogen-bond donors (Lipinski definition) is 2. The molecule has 0 fully saturated rings. The van der Waals surface area contributed by atoms with Crippen LogP contribution in [-0.2, 0) is 0 Å². The van der Waals surface area contributed by atoms with Crippen LogP contribution in [0.3, 0.4) is 0 Å². The molecular formula is C7H8INS. The first-order valence-electron chi connectivity index (χ1n) is 2.90. The maximum Gasteiger partial charge on any atom is 0.0562 e. The van der Waals surface area contributed by atoms with Crippen LogP contribution < -0.4 is 3.53 Å². The zero-order valence-electron chi connectivity index (χ0n) is 5.56. The van der Waals surface area contributed by atoms with Gasteiger partial charge in [-0.2, -0.15) is 0 Å². The standard InChI is InChI=1S/C7H8INS/c1-5-2-3-6(9-8)7(10)4-5/h2-4,9-10H,1H3. The summed E-state index contributed by atoms with van der Waals surface area (Å²) in [5, 5.41) is 0. The molecule has 0 saturated carbocycles. The van der Waals surface area contributed by atoms with Gasteiger partial charge in [-0.15, -0.1) is 12.6 Å². The highest BCUT2D eigenvalue weighted by Gasteiger charge is 1.94. The van der Waals surface area contributed by atoms with Crippen LogP contribution in [0.2, 0.25) is 0 Å². The summed E-state index contributed by atoms with van der Waals surface area (Å²) in [6, 6.07) is 6.11. The maximum absolute atomic E-state index is 4.28. The van der Waals surface area contributed by atoms with Gasteiger partial charge >= 0.3 is 0 Å². The number of benzene rings is 1. The predicted molar refractivity (Wildman–Crippen MR) is 56.1 cm³/mol. The van der Waals surface area contributed by atoms with E-state index < -0.39 is 0 Å². The Morgan fingerprint density at radius 3 is 2.70 bits per heavy atom. The van der Waals surface area contributed by atoms with Gasteiger partial charge in [0.15, 0.2) is 0 Å². The number of anilines is 1. The van der Waals surface area contributed by atoms with Crippen molar-refractivity contribution in [3.05, 3.63) is 23.8 Å². The number of hydrogen-bond acceptors (Lipinski definition) is 2. The van der Waals surface area contributed by atoms with Gasteiger partial charge in [-0.05, 0) is 24.6 Å². The lowest BCUT2D eigenvalue weighted by atomic mass is 10.2. The van der Waals surface area contributed by atoms with Crippen molar-refractivity contribution < 1.29 is 0 Å². The van der Waals surface area contributed by atoms with Crippen molar-refractivity contribution >= 4 is 41.2 Å². The first-order chi connectivity index (χ1) is 4.74. The molecule has 0 aliphatic carbocycles. The van der Waals surface area contributed by atoms with Gasteiger partial charge in [0.2, 0.25) is 0 Å². The SMILES string of the molecule is Cc1ccc(NI)c(S)c1. The monoisotopic (exact) mass is 265 g/mol. The Morgan fingerprint density at radius 1 is 1.50 bits per heavy atom. The van der Waals surface area contributed by atoms with E-state index in [1.165, 1.54) is 5.56 Å². The van der Waals surface area contributed by atoms with E-state index in [1.807, 2.05) is 12.1 Å². The molecule has 1 N–H and O–H groups in total. The highest BCUT2D eigenvalue weighted by Crippen LogP contribution is 2.21. The molecule has 0 bridgehead atoms. The van der Waals surface area contributed by atoms with Crippen LogP contribution in [-0.4, -0.2) is 0 Å². The van der Waals surface area contributed by atoms with Crippen LogP contribution in [0.5, 0.6) is 0 Å². The van der Waals surface area contributed by atoms with Crippen molar-refractivity contribution in [2.75, 3.05) is 3.53 Å². The molecule has 0 amide bonds. The largest absolute Gasteiger partial charge is 0.327 e. The van der Waals surface area contributed by atoms with E-state index >= 15 is 0 Å². The summed E-state index contributed by atoms with van der Waals surface area (Å²) in [4.78, 5) is 0.995. The van der Waals surface area contributed by atoms with Crippen molar-refractivity contribution in [3.63, 3.8) is 0 Å². The van der Waals surface area contributed by atoms with Gasteiger partial charge in [0, 0.05) is 4.90 Å². The molecule has 1 nitrogen and oxygen atoms in total. The van der Waals surface area contributed by atoms with E-state index in [1.54, 1.807) is 0 Å². The summed E-state index contributed by atoms with van der Waals surface area (Å²) in [6.07, 6.45) is 0. The quantitative estimate of drug-likeness (QED) is 0.452. The van der Waals surface area contributed by atoms with Gasteiger partial charge in [0.1, 0.15) is 0 Å². The lowest BCUT2D eigenvalue weighted by Crippen LogP contribution is -1.81. The molecule has 0 aliphatic heterocycles. The third-order valence-electron chi connectivity index (χ3n) is 1.26. The van der Waals surface area contributed by atoms with Crippen LogP contribution in [0, 0.1) is 6.92 Å². The Hall–Kier alpha value is 0.100. The summed E-state index contributed by atoms with van der Waals surface area (Å²) < 4.78 is 3.02. The minimum Gasteiger partial charge on any atom is -0.327 e. The first-order valence-corrected chi connectivity index (χ1v) is 4.43. The topological polar surface area (TPSA) is 12.0 Å². The minimum atomic E-state index is 0.995. The van der Waals surface area contributed by atoms with Gasteiger partial charge in [-0.3, -0.25) is 0 Å². The summed E-state index contributed by atoms with van der Waals surface area (Å²) in [7, 11) is 0. The van der Waals surface area contributed by atoms with E-state index in [-0.39, 0.29) is 0 Å². The number of aryl methyl sites for hydroxylation is 1. The average Bonchev–Trinajstić information content (AvgIpc) is 1.88. The van der Waals surface area contributed by atoms with Crippen LogP contribution in [0.25, 0.3) is 0 Å². The molecule has 10 heavy (non-hydrogen) atoms. The Morgan fingerprint density at radius 2 is 2.20 bits per heavy atom. The molecule has 0 unspecified atom stereocenters. The zero-order valence-corrected chi connectivity index (χ0v) is 8.61. The van der Waals surface area contributed by atoms with E-state index in [9.17, 15) is 0 Å². The molecule has 1 aromatic rings. The molecule has 3 heteroatoms. The lowest BCUT2D eigenvalue weighted by Gasteiger charge is -2.01. The van der Waals surface area contributed by atoms with Gasteiger partial charge in [0.05, 0.1) is 28.6 Å². The molecule has 1 rings (SSSR count). The van der Waals surface area contributed by atoms with Gasteiger partial charge in [0.25, 0.3) is 0 Å². The molecule has 0 aliphatic rings. The maximum atomic E-state index is 4.28. The second-order valence-corrected chi connectivity index (χ2v) is 3.14. The smallest absolute Gasteiger partial charge is 0.0562 e. The fraction of sp³-hybridized carbons (Fsp3) is 0.143. The minimum absolute atomic E-state index is 0.995. The number of nitrogens with one attached hydrogen (secondary N) is 1. The Kier molecular flexibility index (Phi) is 2.85. The zero-order chi connectivity index (χ0) is 7.56. The number of rotatable bonds is 1.